The zero-order valence-corrected chi connectivity index (χ0v) is 10.5. The highest BCUT2D eigenvalue weighted by atomic mass is 32.1. The summed E-state index contributed by atoms with van der Waals surface area (Å²) in [6, 6.07) is 10.3. The van der Waals surface area contributed by atoms with Crippen molar-refractivity contribution in [2.45, 2.75) is 13.3 Å². The topological polar surface area (TPSA) is 52.0 Å². The van der Waals surface area contributed by atoms with E-state index in [1.807, 2.05) is 18.2 Å². The van der Waals surface area contributed by atoms with Gasteiger partial charge in [-0.3, -0.25) is 0 Å². The van der Waals surface area contributed by atoms with Crippen LogP contribution in [0.15, 0.2) is 30.3 Å². The molecule has 0 fully saturated rings. The third-order valence-electron chi connectivity index (χ3n) is 3.19. The van der Waals surface area contributed by atoms with Crippen molar-refractivity contribution in [2.24, 2.45) is 0 Å². The van der Waals surface area contributed by atoms with E-state index in [4.69, 9.17) is 11.5 Å². The smallest absolute Gasteiger partial charge is 0.0608 e. The third-order valence-corrected chi connectivity index (χ3v) is 4.39. The average Bonchev–Trinajstić information content (AvgIpc) is 2.73. The molecule has 2 aromatic carbocycles. The van der Waals surface area contributed by atoms with Crippen LogP contribution in [0.2, 0.25) is 0 Å². The zero-order chi connectivity index (χ0) is 12.0. The van der Waals surface area contributed by atoms with Gasteiger partial charge in [-0.1, -0.05) is 25.1 Å². The maximum atomic E-state index is 6.22. The van der Waals surface area contributed by atoms with Gasteiger partial charge in [0, 0.05) is 21.2 Å². The highest BCUT2D eigenvalue weighted by Crippen LogP contribution is 2.41. The molecule has 86 valence electrons. The van der Waals surface area contributed by atoms with Crippen LogP contribution in [0.5, 0.6) is 0 Å². The number of hydrogen-bond acceptors (Lipinski definition) is 3. The summed E-state index contributed by atoms with van der Waals surface area (Å²) in [6.07, 6.45) is 0.917. The Hall–Kier alpha value is -1.74. The molecule has 2 nitrogen and oxygen atoms in total. The molecule has 4 N–H and O–H groups in total. The minimum absolute atomic E-state index is 0.837. The molecule has 3 heteroatoms. The van der Waals surface area contributed by atoms with Crippen molar-refractivity contribution < 1.29 is 0 Å². The molecule has 0 aliphatic heterocycles. The molecule has 0 atom stereocenters. The summed E-state index contributed by atoms with van der Waals surface area (Å²) in [5.41, 5.74) is 15.2. The first-order chi connectivity index (χ1) is 8.22. The first-order valence-corrected chi connectivity index (χ1v) is 6.52. The van der Waals surface area contributed by atoms with Gasteiger partial charge in [0.1, 0.15) is 0 Å². The molecular formula is C14H14N2S. The maximum Gasteiger partial charge on any atom is 0.0608 e. The van der Waals surface area contributed by atoms with Crippen molar-refractivity contribution in [3.8, 4) is 0 Å². The first-order valence-electron chi connectivity index (χ1n) is 5.70. The summed E-state index contributed by atoms with van der Waals surface area (Å²) in [4.78, 5) is 0. The molecule has 0 amide bonds. The van der Waals surface area contributed by atoms with E-state index >= 15 is 0 Å². The molecule has 0 aliphatic carbocycles. The third kappa shape index (κ3) is 1.39. The molecular weight excluding hydrogens is 228 g/mol. The average molecular weight is 242 g/mol. The van der Waals surface area contributed by atoms with Crippen LogP contribution in [0.3, 0.4) is 0 Å². The van der Waals surface area contributed by atoms with Gasteiger partial charge in [-0.25, -0.2) is 0 Å². The van der Waals surface area contributed by atoms with Crippen LogP contribution in [-0.4, -0.2) is 0 Å². The molecule has 3 rings (SSSR count). The van der Waals surface area contributed by atoms with Crippen molar-refractivity contribution in [1.82, 2.24) is 0 Å². The summed E-state index contributed by atoms with van der Waals surface area (Å²) in [6.45, 7) is 2.10. The minimum Gasteiger partial charge on any atom is -0.398 e. The van der Waals surface area contributed by atoms with Crippen LogP contribution >= 0.6 is 11.3 Å². The zero-order valence-electron chi connectivity index (χ0n) is 9.66. The Labute approximate surface area is 104 Å². The molecule has 1 heterocycles. The fraction of sp³-hybridized carbons (Fsp3) is 0.143. The number of hydrogen-bond donors (Lipinski definition) is 2. The Kier molecular flexibility index (Phi) is 2.23. The fourth-order valence-electron chi connectivity index (χ4n) is 2.30. The van der Waals surface area contributed by atoms with E-state index in [9.17, 15) is 0 Å². The van der Waals surface area contributed by atoms with Gasteiger partial charge in [0.25, 0.3) is 0 Å². The molecule has 0 saturated heterocycles. The number of thiophene rings is 1. The van der Waals surface area contributed by atoms with E-state index in [2.05, 4.69) is 19.1 Å². The van der Waals surface area contributed by atoms with Crippen molar-refractivity contribution >= 4 is 42.9 Å². The number of fused-ring (bicyclic) bond motifs is 3. The lowest BCUT2D eigenvalue weighted by molar-refractivity contribution is 1.15. The van der Waals surface area contributed by atoms with Crippen molar-refractivity contribution in [1.29, 1.82) is 0 Å². The fourth-order valence-corrected chi connectivity index (χ4v) is 3.52. The number of anilines is 2. The van der Waals surface area contributed by atoms with Crippen LogP contribution in [-0.2, 0) is 6.42 Å². The van der Waals surface area contributed by atoms with Gasteiger partial charge in [-0.2, -0.15) is 0 Å². The number of aryl methyl sites for hydroxylation is 1. The lowest BCUT2D eigenvalue weighted by Crippen LogP contribution is -1.96. The number of nitrogens with two attached hydrogens (primary N) is 2. The van der Waals surface area contributed by atoms with Crippen LogP contribution in [0.25, 0.3) is 20.2 Å². The van der Waals surface area contributed by atoms with Crippen LogP contribution in [0.1, 0.15) is 12.5 Å². The molecule has 17 heavy (non-hydrogen) atoms. The standard InChI is InChI=1S/C14H14N2S/c1-2-8-7-10(15)12-9-5-3-4-6-11(9)17-14(12)13(8)16/h3-7H,2,15-16H2,1H3. The monoisotopic (exact) mass is 242 g/mol. The van der Waals surface area contributed by atoms with Crippen LogP contribution in [0, 0.1) is 0 Å². The Morgan fingerprint density at radius 1 is 1.18 bits per heavy atom. The molecule has 0 aliphatic rings. The largest absolute Gasteiger partial charge is 0.398 e. The molecule has 3 aromatic rings. The second-order valence-electron chi connectivity index (χ2n) is 4.19. The highest BCUT2D eigenvalue weighted by molar-refractivity contribution is 7.26. The predicted molar refractivity (Wildman–Crippen MR) is 77.5 cm³/mol. The van der Waals surface area contributed by atoms with Gasteiger partial charge >= 0.3 is 0 Å². The Balaban J connectivity index is 2.56. The Morgan fingerprint density at radius 2 is 1.94 bits per heavy atom. The van der Waals surface area contributed by atoms with Gasteiger partial charge in [0.2, 0.25) is 0 Å². The van der Waals surface area contributed by atoms with Crippen molar-refractivity contribution in [2.75, 3.05) is 11.5 Å². The van der Waals surface area contributed by atoms with Gasteiger partial charge in [0.15, 0.2) is 0 Å². The van der Waals surface area contributed by atoms with Crippen molar-refractivity contribution in [3.63, 3.8) is 0 Å². The van der Waals surface area contributed by atoms with Crippen LogP contribution in [0.4, 0.5) is 11.4 Å². The first kappa shape index (κ1) is 10.4. The van der Waals surface area contributed by atoms with E-state index in [1.54, 1.807) is 11.3 Å². The maximum absolute atomic E-state index is 6.22. The summed E-state index contributed by atoms with van der Waals surface area (Å²) in [5.74, 6) is 0. The predicted octanol–water partition coefficient (Wildman–Crippen LogP) is 3.78. The van der Waals surface area contributed by atoms with Gasteiger partial charge in [0.05, 0.1) is 10.4 Å². The molecule has 0 saturated carbocycles. The van der Waals surface area contributed by atoms with Gasteiger partial charge in [-0.05, 0) is 24.1 Å². The lowest BCUT2D eigenvalue weighted by Gasteiger charge is -2.06. The van der Waals surface area contributed by atoms with E-state index in [0.717, 1.165) is 33.4 Å². The van der Waals surface area contributed by atoms with E-state index in [0.29, 0.717) is 0 Å². The highest BCUT2D eigenvalue weighted by Gasteiger charge is 2.12. The molecule has 0 bridgehead atoms. The summed E-state index contributed by atoms with van der Waals surface area (Å²) in [7, 11) is 0. The van der Waals surface area contributed by atoms with E-state index < -0.39 is 0 Å². The Bertz CT molecular complexity index is 713. The van der Waals surface area contributed by atoms with Crippen LogP contribution < -0.4 is 11.5 Å². The summed E-state index contributed by atoms with van der Waals surface area (Å²) >= 11 is 1.73. The summed E-state index contributed by atoms with van der Waals surface area (Å²) in [5, 5.41) is 2.32. The molecule has 0 unspecified atom stereocenters. The molecule has 0 spiro atoms. The van der Waals surface area contributed by atoms with Crippen molar-refractivity contribution in [3.05, 3.63) is 35.9 Å². The molecule has 0 radical (unpaired) electrons. The Morgan fingerprint density at radius 3 is 2.71 bits per heavy atom. The molecule has 1 aromatic heterocycles. The normalized spacial score (nSPS) is 11.4. The number of rotatable bonds is 1. The number of benzene rings is 2. The quantitative estimate of drug-likeness (QED) is 0.638. The lowest BCUT2D eigenvalue weighted by atomic mass is 10.0. The van der Waals surface area contributed by atoms with E-state index in [1.165, 1.54) is 10.1 Å². The minimum atomic E-state index is 0.837. The van der Waals surface area contributed by atoms with Gasteiger partial charge < -0.3 is 11.5 Å². The second-order valence-corrected chi connectivity index (χ2v) is 5.25. The second kappa shape index (κ2) is 3.64. The van der Waals surface area contributed by atoms with E-state index in [-0.39, 0.29) is 0 Å². The summed E-state index contributed by atoms with van der Waals surface area (Å²) < 4.78 is 2.37. The van der Waals surface area contributed by atoms with Gasteiger partial charge in [-0.15, -0.1) is 11.3 Å². The SMILES string of the molecule is CCc1cc(N)c2c(sc3ccccc32)c1N. The number of nitrogen functional groups attached to an aromatic ring is 2.